The molecule has 0 spiro atoms. The molecule has 3 heteroatoms. The van der Waals surface area contributed by atoms with Crippen LogP contribution in [0.3, 0.4) is 0 Å². The zero-order chi connectivity index (χ0) is 14.9. The number of nitrogens with one attached hydrogen (secondary N) is 1. The molecule has 0 aliphatic heterocycles. The van der Waals surface area contributed by atoms with Crippen LogP contribution in [0.4, 0.5) is 0 Å². The minimum atomic E-state index is 0.782. The van der Waals surface area contributed by atoms with Gasteiger partial charge < -0.3 is 4.98 Å². The number of hydrogen-bond acceptors (Lipinski definition) is 2. The standard InChI is InChI=1S/C19H15N3/c1-13-20-17-12-16(14-8-4-2-5-9-14)22-19(17)18(21-13)15-10-6-3-7-11-15/h2-12,22H,1H3. The summed E-state index contributed by atoms with van der Waals surface area (Å²) >= 11 is 0. The lowest BCUT2D eigenvalue weighted by Gasteiger charge is -2.03. The fourth-order valence-corrected chi connectivity index (χ4v) is 2.71. The maximum atomic E-state index is 4.64. The van der Waals surface area contributed by atoms with Crippen molar-refractivity contribution in [3.63, 3.8) is 0 Å². The van der Waals surface area contributed by atoms with E-state index < -0.39 is 0 Å². The number of rotatable bonds is 2. The molecule has 1 N–H and O–H groups in total. The molecule has 0 aliphatic rings. The predicted molar refractivity (Wildman–Crippen MR) is 89.5 cm³/mol. The first-order valence-electron chi connectivity index (χ1n) is 7.29. The monoisotopic (exact) mass is 285 g/mol. The SMILES string of the molecule is Cc1nc(-c2ccccc2)c2[nH]c(-c3ccccc3)cc2n1. The van der Waals surface area contributed by atoms with Gasteiger partial charge in [-0.3, -0.25) is 0 Å². The molecule has 106 valence electrons. The van der Waals surface area contributed by atoms with Gasteiger partial charge in [-0.1, -0.05) is 60.7 Å². The quantitative estimate of drug-likeness (QED) is 0.584. The van der Waals surface area contributed by atoms with E-state index in [-0.39, 0.29) is 0 Å². The molecule has 0 saturated heterocycles. The van der Waals surface area contributed by atoms with E-state index in [2.05, 4.69) is 45.3 Å². The van der Waals surface area contributed by atoms with Gasteiger partial charge in [0.1, 0.15) is 5.82 Å². The Bertz CT molecular complexity index is 925. The van der Waals surface area contributed by atoms with E-state index >= 15 is 0 Å². The fourth-order valence-electron chi connectivity index (χ4n) is 2.71. The maximum Gasteiger partial charge on any atom is 0.126 e. The third kappa shape index (κ3) is 2.17. The second-order valence-electron chi connectivity index (χ2n) is 5.29. The van der Waals surface area contributed by atoms with E-state index in [9.17, 15) is 0 Å². The van der Waals surface area contributed by atoms with E-state index in [4.69, 9.17) is 0 Å². The Morgan fingerprint density at radius 2 is 1.41 bits per heavy atom. The third-order valence-electron chi connectivity index (χ3n) is 3.72. The van der Waals surface area contributed by atoms with Crippen molar-refractivity contribution in [2.24, 2.45) is 0 Å². The third-order valence-corrected chi connectivity index (χ3v) is 3.72. The van der Waals surface area contributed by atoms with E-state index in [1.807, 2.05) is 43.3 Å². The molecule has 0 aliphatic carbocycles. The normalized spacial score (nSPS) is 11.0. The molecule has 0 atom stereocenters. The van der Waals surface area contributed by atoms with E-state index in [1.54, 1.807) is 0 Å². The van der Waals surface area contributed by atoms with Crippen LogP contribution in [-0.2, 0) is 0 Å². The van der Waals surface area contributed by atoms with Gasteiger partial charge in [0, 0.05) is 11.3 Å². The summed E-state index contributed by atoms with van der Waals surface area (Å²) in [5.41, 5.74) is 6.19. The van der Waals surface area contributed by atoms with Crippen LogP contribution >= 0.6 is 0 Å². The Labute approximate surface area is 128 Å². The molecule has 0 fully saturated rings. The van der Waals surface area contributed by atoms with Crippen molar-refractivity contribution < 1.29 is 0 Å². The van der Waals surface area contributed by atoms with Crippen molar-refractivity contribution >= 4 is 11.0 Å². The average molecular weight is 285 g/mol. The van der Waals surface area contributed by atoms with Crippen LogP contribution in [0.5, 0.6) is 0 Å². The van der Waals surface area contributed by atoms with Crippen LogP contribution in [0.25, 0.3) is 33.5 Å². The largest absolute Gasteiger partial charge is 0.351 e. The number of H-pyrrole nitrogens is 1. The highest BCUT2D eigenvalue weighted by molar-refractivity contribution is 5.93. The molecule has 0 radical (unpaired) electrons. The van der Waals surface area contributed by atoms with Gasteiger partial charge in [-0.05, 0) is 18.6 Å². The number of aryl methyl sites for hydroxylation is 1. The van der Waals surface area contributed by atoms with Crippen molar-refractivity contribution in [2.45, 2.75) is 6.92 Å². The maximum absolute atomic E-state index is 4.64. The van der Waals surface area contributed by atoms with Gasteiger partial charge in [-0.2, -0.15) is 0 Å². The molecular weight excluding hydrogens is 270 g/mol. The number of fused-ring (bicyclic) bond motifs is 1. The lowest BCUT2D eigenvalue weighted by molar-refractivity contribution is 1.09. The second kappa shape index (κ2) is 5.11. The minimum absolute atomic E-state index is 0.782. The van der Waals surface area contributed by atoms with Crippen molar-refractivity contribution in [1.82, 2.24) is 15.0 Å². The molecule has 0 saturated carbocycles. The summed E-state index contributed by atoms with van der Waals surface area (Å²) in [6.45, 7) is 1.93. The summed E-state index contributed by atoms with van der Waals surface area (Å²) in [5, 5.41) is 0. The van der Waals surface area contributed by atoms with Gasteiger partial charge in [-0.25, -0.2) is 9.97 Å². The Hall–Kier alpha value is -2.94. The van der Waals surface area contributed by atoms with Crippen molar-refractivity contribution in [3.05, 3.63) is 72.6 Å². The lowest BCUT2D eigenvalue weighted by atomic mass is 10.1. The highest BCUT2D eigenvalue weighted by atomic mass is 14.9. The van der Waals surface area contributed by atoms with Crippen LogP contribution in [-0.4, -0.2) is 15.0 Å². The van der Waals surface area contributed by atoms with Crippen molar-refractivity contribution in [2.75, 3.05) is 0 Å². The zero-order valence-electron chi connectivity index (χ0n) is 12.2. The van der Waals surface area contributed by atoms with Crippen LogP contribution in [0.15, 0.2) is 66.7 Å². The first kappa shape index (κ1) is 12.8. The highest BCUT2D eigenvalue weighted by Gasteiger charge is 2.12. The second-order valence-corrected chi connectivity index (χ2v) is 5.29. The molecule has 4 rings (SSSR count). The number of hydrogen-bond donors (Lipinski definition) is 1. The first-order valence-corrected chi connectivity index (χ1v) is 7.29. The summed E-state index contributed by atoms with van der Waals surface area (Å²) in [5.74, 6) is 0.782. The van der Waals surface area contributed by atoms with Crippen LogP contribution in [0.1, 0.15) is 5.82 Å². The molecule has 0 unspecified atom stereocenters. The Morgan fingerprint density at radius 3 is 2.09 bits per heavy atom. The van der Waals surface area contributed by atoms with E-state index in [1.165, 1.54) is 0 Å². The van der Waals surface area contributed by atoms with Crippen LogP contribution in [0.2, 0.25) is 0 Å². The van der Waals surface area contributed by atoms with Crippen LogP contribution in [0, 0.1) is 6.92 Å². The zero-order valence-corrected chi connectivity index (χ0v) is 12.2. The van der Waals surface area contributed by atoms with Crippen molar-refractivity contribution in [3.8, 4) is 22.5 Å². The predicted octanol–water partition coefficient (Wildman–Crippen LogP) is 4.60. The summed E-state index contributed by atoms with van der Waals surface area (Å²) < 4.78 is 0. The molecule has 2 heterocycles. The van der Waals surface area contributed by atoms with Gasteiger partial charge in [0.05, 0.1) is 16.7 Å². The Balaban J connectivity index is 1.97. The lowest BCUT2D eigenvalue weighted by Crippen LogP contribution is -1.92. The summed E-state index contributed by atoms with van der Waals surface area (Å²) in [4.78, 5) is 12.7. The number of aromatic amines is 1. The van der Waals surface area contributed by atoms with Gasteiger partial charge in [-0.15, -0.1) is 0 Å². The Kier molecular flexibility index (Phi) is 2.97. The Morgan fingerprint density at radius 1 is 0.773 bits per heavy atom. The number of benzene rings is 2. The van der Waals surface area contributed by atoms with Gasteiger partial charge in [0.25, 0.3) is 0 Å². The van der Waals surface area contributed by atoms with Crippen LogP contribution < -0.4 is 0 Å². The molecule has 0 amide bonds. The van der Waals surface area contributed by atoms with Crippen molar-refractivity contribution in [1.29, 1.82) is 0 Å². The topological polar surface area (TPSA) is 41.6 Å². The summed E-state index contributed by atoms with van der Waals surface area (Å²) in [6.07, 6.45) is 0. The number of nitrogens with zero attached hydrogens (tertiary/aromatic N) is 2. The molecular formula is C19H15N3. The molecule has 22 heavy (non-hydrogen) atoms. The number of aromatic nitrogens is 3. The fraction of sp³-hybridized carbons (Fsp3) is 0.0526. The van der Waals surface area contributed by atoms with Gasteiger partial charge >= 0.3 is 0 Å². The van der Waals surface area contributed by atoms with Gasteiger partial charge in [0.15, 0.2) is 0 Å². The molecule has 2 aromatic heterocycles. The summed E-state index contributed by atoms with van der Waals surface area (Å²) in [6, 6.07) is 22.6. The van der Waals surface area contributed by atoms with E-state index in [0.717, 1.165) is 39.4 Å². The van der Waals surface area contributed by atoms with E-state index in [0.29, 0.717) is 0 Å². The van der Waals surface area contributed by atoms with Gasteiger partial charge in [0.2, 0.25) is 0 Å². The first-order chi connectivity index (χ1) is 10.8. The molecule has 0 bridgehead atoms. The molecule has 3 nitrogen and oxygen atoms in total. The molecule has 2 aromatic carbocycles. The highest BCUT2D eigenvalue weighted by Crippen LogP contribution is 2.29. The smallest absolute Gasteiger partial charge is 0.126 e. The molecule has 4 aromatic rings. The average Bonchev–Trinajstić information content (AvgIpc) is 2.99. The minimum Gasteiger partial charge on any atom is -0.351 e. The summed E-state index contributed by atoms with van der Waals surface area (Å²) in [7, 11) is 0.